The number of aliphatic hydroxyl groups excluding tert-OH is 1. The van der Waals surface area contributed by atoms with Crippen molar-refractivity contribution in [2.75, 3.05) is 0 Å². The molecule has 0 heterocycles. The van der Waals surface area contributed by atoms with Gasteiger partial charge in [0.25, 0.3) is 6.29 Å². The highest BCUT2D eigenvalue weighted by Crippen LogP contribution is 2.64. The Morgan fingerprint density at radius 2 is 1.96 bits per heavy atom. The van der Waals surface area contributed by atoms with Crippen LogP contribution in [0.3, 0.4) is 0 Å². The molecule has 4 aliphatic carbocycles. The second-order valence-corrected chi connectivity index (χ2v) is 9.08. The van der Waals surface area contributed by atoms with Crippen LogP contribution in [-0.2, 0) is 9.53 Å². The van der Waals surface area contributed by atoms with Gasteiger partial charge < -0.3 is 14.9 Å². The van der Waals surface area contributed by atoms with Gasteiger partial charge in [-0.25, -0.2) is 4.79 Å². The molecular formula is C21H30O4. The number of hydrogen-bond acceptors (Lipinski definition) is 4. The normalized spacial score (nSPS) is 48.0. The predicted octanol–water partition coefficient (Wildman–Crippen LogP) is 3.19. The molecule has 0 bridgehead atoms. The number of carbonyl (C=O) groups is 1. The van der Waals surface area contributed by atoms with Gasteiger partial charge in [-0.15, -0.1) is 0 Å². The van der Waals surface area contributed by atoms with Crippen LogP contribution in [-0.4, -0.2) is 28.6 Å². The summed E-state index contributed by atoms with van der Waals surface area (Å²) in [5.74, 6) is 1.61. The van der Waals surface area contributed by atoms with E-state index in [-0.39, 0.29) is 11.5 Å². The minimum Gasteiger partial charge on any atom is -0.454 e. The summed E-state index contributed by atoms with van der Waals surface area (Å²) in [6.07, 6.45) is 14.0. The van der Waals surface area contributed by atoms with Gasteiger partial charge in [0.2, 0.25) is 0 Å². The maximum atomic E-state index is 11.7. The van der Waals surface area contributed by atoms with Crippen LogP contribution in [0.1, 0.15) is 52.4 Å². The van der Waals surface area contributed by atoms with Crippen molar-refractivity contribution in [2.45, 2.75) is 64.8 Å². The molecular weight excluding hydrogens is 316 g/mol. The summed E-state index contributed by atoms with van der Waals surface area (Å²) in [5, 5.41) is 18.1. The number of carbonyl (C=O) groups excluding carboxylic acids is 1. The first-order valence-electron chi connectivity index (χ1n) is 9.79. The van der Waals surface area contributed by atoms with Crippen molar-refractivity contribution in [3.8, 4) is 0 Å². The molecule has 0 radical (unpaired) electrons. The summed E-state index contributed by atoms with van der Waals surface area (Å²) in [4.78, 5) is 11.7. The SMILES string of the molecule is C[C@]12C=CCCC1CC[C@@H]1[C@H]2CC[C@]2(C)C(OC(=O)C(O)O)C=C[C@@H]12. The molecule has 0 saturated heterocycles. The lowest BCUT2D eigenvalue weighted by atomic mass is 9.46. The van der Waals surface area contributed by atoms with E-state index in [9.17, 15) is 4.79 Å². The topological polar surface area (TPSA) is 66.8 Å². The van der Waals surface area contributed by atoms with Gasteiger partial charge in [0.15, 0.2) is 0 Å². The second-order valence-electron chi connectivity index (χ2n) is 9.08. The fourth-order valence-electron chi connectivity index (χ4n) is 6.59. The summed E-state index contributed by atoms with van der Waals surface area (Å²) in [6, 6.07) is 0. The smallest absolute Gasteiger partial charge is 0.363 e. The molecule has 7 atom stereocenters. The molecule has 4 heteroatoms. The van der Waals surface area contributed by atoms with Gasteiger partial charge in [-0.05, 0) is 73.7 Å². The average Bonchev–Trinajstić information content (AvgIpc) is 2.91. The van der Waals surface area contributed by atoms with Crippen LogP contribution in [0, 0.1) is 34.5 Å². The molecule has 2 fully saturated rings. The molecule has 4 aliphatic rings. The van der Waals surface area contributed by atoms with Crippen molar-refractivity contribution in [3.63, 3.8) is 0 Å². The third-order valence-electron chi connectivity index (χ3n) is 8.02. The number of esters is 1. The first-order valence-corrected chi connectivity index (χ1v) is 9.79. The highest BCUT2D eigenvalue weighted by Gasteiger charge is 2.58. The van der Waals surface area contributed by atoms with E-state index in [0.29, 0.717) is 23.2 Å². The van der Waals surface area contributed by atoms with Crippen LogP contribution < -0.4 is 0 Å². The van der Waals surface area contributed by atoms with E-state index in [0.717, 1.165) is 18.8 Å². The molecule has 4 rings (SSSR count). The van der Waals surface area contributed by atoms with Crippen molar-refractivity contribution in [3.05, 3.63) is 24.3 Å². The Kier molecular flexibility index (Phi) is 4.12. The van der Waals surface area contributed by atoms with Crippen molar-refractivity contribution < 1.29 is 19.7 Å². The maximum Gasteiger partial charge on any atom is 0.363 e. The third kappa shape index (κ3) is 2.52. The van der Waals surface area contributed by atoms with Gasteiger partial charge in [-0.1, -0.05) is 32.1 Å². The van der Waals surface area contributed by atoms with Crippen LogP contribution in [0.25, 0.3) is 0 Å². The van der Waals surface area contributed by atoms with E-state index < -0.39 is 12.3 Å². The summed E-state index contributed by atoms with van der Waals surface area (Å²) in [5.41, 5.74) is 0.194. The predicted molar refractivity (Wildman–Crippen MR) is 94.3 cm³/mol. The monoisotopic (exact) mass is 346 g/mol. The number of fused-ring (bicyclic) bond motifs is 5. The van der Waals surface area contributed by atoms with Crippen molar-refractivity contribution in [1.29, 1.82) is 0 Å². The lowest BCUT2D eigenvalue weighted by Gasteiger charge is -2.58. The van der Waals surface area contributed by atoms with Crippen molar-refractivity contribution in [2.24, 2.45) is 34.5 Å². The van der Waals surface area contributed by atoms with Gasteiger partial charge in [-0.3, -0.25) is 0 Å². The fourth-order valence-corrected chi connectivity index (χ4v) is 6.59. The zero-order valence-electron chi connectivity index (χ0n) is 15.2. The number of hydrogen-bond donors (Lipinski definition) is 2. The minimum absolute atomic E-state index is 0.118. The Balaban J connectivity index is 1.58. The van der Waals surface area contributed by atoms with Crippen LogP contribution in [0.15, 0.2) is 24.3 Å². The van der Waals surface area contributed by atoms with Gasteiger partial charge in [-0.2, -0.15) is 0 Å². The summed E-state index contributed by atoms with van der Waals surface area (Å²) < 4.78 is 5.42. The van der Waals surface area contributed by atoms with E-state index in [1.54, 1.807) is 0 Å². The lowest BCUT2D eigenvalue weighted by Crippen LogP contribution is -2.53. The Morgan fingerprint density at radius 1 is 1.16 bits per heavy atom. The first kappa shape index (κ1) is 17.3. The number of rotatable bonds is 2. The molecule has 2 saturated carbocycles. The molecule has 0 aromatic heterocycles. The van der Waals surface area contributed by atoms with Gasteiger partial charge >= 0.3 is 5.97 Å². The largest absolute Gasteiger partial charge is 0.454 e. The standard InChI is InChI=1S/C21H30O4/c1-20-11-4-3-5-13(20)6-7-14-15-8-9-17(25-19(24)18(22)23)21(15,2)12-10-16(14)20/h4,8-9,11,13-18,22-23H,3,5-7,10,12H2,1-2H3/t13?,14-,15-,16+,17?,20-,21-/m0/s1. The third-order valence-corrected chi connectivity index (χ3v) is 8.02. The molecule has 0 aromatic carbocycles. The quantitative estimate of drug-likeness (QED) is 0.458. The molecule has 138 valence electrons. The van der Waals surface area contributed by atoms with Crippen molar-refractivity contribution in [1.82, 2.24) is 0 Å². The fraction of sp³-hybridized carbons (Fsp3) is 0.762. The average molecular weight is 346 g/mol. The van der Waals surface area contributed by atoms with Gasteiger partial charge in [0, 0.05) is 5.41 Å². The van der Waals surface area contributed by atoms with E-state index in [2.05, 4.69) is 32.1 Å². The molecule has 2 unspecified atom stereocenters. The minimum atomic E-state index is -2.05. The Labute approximate surface area is 149 Å². The van der Waals surface area contributed by atoms with Crippen LogP contribution >= 0.6 is 0 Å². The molecule has 25 heavy (non-hydrogen) atoms. The van der Waals surface area contributed by atoms with Crippen LogP contribution in [0.2, 0.25) is 0 Å². The van der Waals surface area contributed by atoms with E-state index >= 15 is 0 Å². The second kappa shape index (κ2) is 5.95. The number of allylic oxidation sites excluding steroid dienone is 3. The van der Waals surface area contributed by atoms with E-state index in [1.807, 2.05) is 6.08 Å². The Morgan fingerprint density at radius 3 is 2.72 bits per heavy atom. The van der Waals surface area contributed by atoms with E-state index in [1.165, 1.54) is 25.7 Å². The highest BCUT2D eigenvalue weighted by molar-refractivity contribution is 5.73. The van der Waals surface area contributed by atoms with Crippen LogP contribution in [0.4, 0.5) is 0 Å². The van der Waals surface area contributed by atoms with Crippen molar-refractivity contribution >= 4 is 5.97 Å². The van der Waals surface area contributed by atoms with E-state index in [4.69, 9.17) is 14.9 Å². The molecule has 4 nitrogen and oxygen atoms in total. The highest BCUT2D eigenvalue weighted by atomic mass is 16.6. The maximum absolute atomic E-state index is 11.7. The zero-order chi connectivity index (χ0) is 17.8. The molecule has 0 amide bonds. The molecule has 0 aliphatic heterocycles. The Bertz CT molecular complexity index is 609. The Hall–Kier alpha value is -1.13. The summed E-state index contributed by atoms with van der Waals surface area (Å²) in [7, 11) is 0. The first-order chi connectivity index (χ1) is 11.9. The molecule has 0 spiro atoms. The zero-order valence-corrected chi connectivity index (χ0v) is 15.2. The van der Waals surface area contributed by atoms with Crippen LogP contribution in [0.5, 0.6) is 0 Å². The lowest BCUT2D eigenvalue weighted by molar-refractivity contribution is -0.185. The summed E-state index contributed by atoms with van der Waals surface area (Å²) in [6.45, 7) is 4.67. The molecule has 0 aromatic rings. The number of aliphatic hydroxyl groups is 2. The van der Waals surface area contributed by atoms with Gasteiger partial charge in [0.1, 0.15) is 6.10 Å². The van der Waals surface area contributed by atoms with Gasteiger partial charge in [0.05, 0.1) is 0 Å². The molecule has 2 N–H and O–H groups in total. The number of ether oxygens (including phenoxy) is 1. The summed E-state index contributed by atoms with van der Waals surface area (Å²) >= 11 is 0.